The predicted molar refractivity (Wildman–Crippen MR) is 98.2 cm³/mol. The van der Waals surface area contributed by atoms with Gasteiger partial charge in [0.15, 0.2) is 11.5 Å². The topological polar surface area (TPSA) is 56.8 Å². The summed E-state index contributed by atoms with van der Waals surface area (Å²) < 4.78 is 16.0. The molecule has 3 rings (SSSR count). The molecule has 6 heteroatoms. The van der Waals surface area contributed by atoms with Gasteiger partial charge in [-0.25, -0.2) is 0 Å². The van der Waals surface area contributed by atoms with E-state index in [-0.39, 0.29) is 5.91 Å². The summed E-state index contributed by atoms with van der Waals surface area (Å²) in [6, 6.07) is 3.70. The van der Waals surface area contributed by atoms with E-state index < -0.39 is 0 Å². The molecule has 0 radical (unpaired) electrons. The minimum Gasteiger partial charge on any atom is -0.493 e. The maximum Gasteiger partial charge on any atom is 0.252 e. The molecular weight excluding hydrogens is 338 g/mol. The van der Waals surface area contributed by atoms with E-state index in [9.17, 15) is 4.79 Å². The molecule has 2 aromatic rings. The Morgan fingerprint density at radius 1 is 1.08 bits per heavy atom. The fourth-order valence-corrected chi connectivity index (χ4v) is 4.33. The summed E-state index contributed by atoms with van der Waals surface area (Å²) in [5.74, 6) is 1.69. The quantitative estimate of drug-likeness (QED) is 0.854. The molecule has 0 aliphatic heterocycles. The molecule has 0 bridgehead atoms. The van der Waals surface area contributed by atoms with Gasteiger partial charge in [-0.3, -0.25) is 4.79 Å². The van der Waals surface area contributed by atoms with Gasteiger partial charge in [0.2, 0.25) is 5.75 Å². The molecule has 1 heterocycles. The number of carbonyl (C=O) groups excluding carboxylic acids is 1. The van der Waals surface area contributed by atoms with Gasteiger partial charge in [0, 0.05) is 16.8 Å². The van der Waals surface area contributed by atoms with Gasteiger partial charge in [-0.15, -0.1) is 11.3 Å². The Labute approximate surface area is 151 Å². The first kappa shape index (κ1) is 17.6. The number of fused-ring (bicyclic) bond motifs is 1. The summed E-state index contributed by atoms with van der Waals surface area (Å²) in [5.41, 5.74) is 2.96. The number of ether oxygens (including phenoxy) is 3. The van der Waals surface area contributed by atoms with Crippen LogP contribution in [0, 0.1) is 0 Å². The summed E-state index contributed by atoms with van der Waals surface area (Å²) in [7, 11) is 4.73. The van der Waals surface area contributed by atoms with Gasteiger partial charge in [0.1, 0.15) is 0 Å². The molecule has 0 spiro atoms. The largest absolute Gasteiger partial charge is 0.493 e. The van der Waals surface area contributed by atoms with Crippen molar-refractivity contribution in [3.8, 4) is 17.2 Å². The van der Waals surface area contributed by atoms with Crippen LogP contribution < -0.4 is 19.5 Å². The fourth-order valence-electron chi connectivity index (χ4n) is 3.20. The Hall–Kier alpha value is -2.21. The van der Waals surface area contributed by atoms with Crippen molar-refractivity contribution >= 4 is 17.2 Å². The molecule has 134 valence electrons. The van der Waals surface area contributed by atoms with Crippen molar-refractivity contribution in [2.24, 2.45) is 0 Å². The molecule has 0 saturated heterocycles. The van der Waals surface area contributed by atoms with E-state index in [0.29, 0.717) is 23.8 Å². The standard InChI is InChI=1S/C19H23NO4S/c1-22-15-8-12(9-16(23-2)18(15)24-3)10-20-19(21)14-11-25-17-7-5-4-6-13(14)17/h8-9,11H,4-7,10H2,1-3H3,(H,20,21). The number of hydrogen-bond donors (Lipinski definition) is 1. The first-order valence-corrected chi connectivity index (χ1v) is 9.22. The maximum atomic E-state index is 12.6. The van der Waals surface area contributed by atoms with Crippen LogP contribution in [0.3, 0.4) is 0 Å². The Bertz CT molecular complexity index is 744. The van der Waals surface area contributed by atoms with Gasteiger partial charge in [-0.05, 0) is 48.9 Å². The first-order chi connectivity index (χ1) is 12.2. The lowest BCUT2D eigenvalue weighted by molar-refractivity contribution is 0.0950. The summed E-state index contributed by atoms with van der Waals surface area (Å²) in [6.07, 6.45) is 4.49. The smallest absolute Gasteiger partial charge is 0.252 e. The predicted octanol–water partition coefficient (Wildman–Crippen LogP) is 3.58. The summed E-state index contributed by atoms with van der Waals surface area (Å²) in [4.78, 5) is 14.0. The molecule has 0 saturated carbocycles. The number of hydrogen-bond acceptors (Lipinski definition) is 5. The molecule has 1 aliphatic carbocycles. The third-order valence-corrected chi connectivity index (χ3v) is 5.57. The highest BCUT2D eigenvalue weighted by molar-refractivity contribution is 7.10. The van der Waals surface area contributed by atoms with Crippen molar-refractivity contribution in [3.05, 3.63) is 39.1 Å². The highest BCUT2D eigenvalue weighted by Crippen LogP contribution is 2.38. The van der Waals surface area contributed by atoms with Crippen LogP contribution in [0.4, 0.5) is 0 Å². The average Bonchev–Trinajstić information content (AvgIpc) is 3.09. The lowest BCUT2D eigenvalue weighted by Gasteiger charge is -2.15. The highest BCUT2D eigenvalue weighted by atomic mass is 32.1. The summed E-state index contributed by atoms with van der Waals surface area (Å²) >= 11 is 1.70. The highest BCUT2D eigenvalue weighted by Gasteiger charge is 2.20. The number of methoxy groups -OCH3 is 3. The third-order valence-electron chi connectivity index (χ3n) is 4.48. The Morgan fingerprint density at radius 2 is 1.76 bits per heavy atom. The van der Waals surface area contributed by atoms with Crippen LogP contribution in [0.2, 0.25) is 0 Å². The maximum absolute atomic E-state index is 12.6. The van der Waals surface area contributed by atoms with Crippen molar-refractivity contribution < 1.29 is 19.0 Å². The molecule has 0 atom stereocenters. The van der Waals surface area contributed by atoms with Crippen LogP contribution in [0.1, 0.15) is 39.2 Å². The van der Waals surface area contributed by atoms with E-state index in [2.05, 4.69) is 5.32 Å². The second kappa shape index (κ2) is 7.78. The van der Waals surface area contributed by atoms with E-state index >= 15 is 0 Å². The van der Waals surface area contributed by atoms with Gasteiger partial charge >= 0.3 is 0 Å². The number of amides is 1. The van der Waals surface area contributed by atoms with Crippen molar-refractivity contribution in [2.45, 2.75) is 32.2 Å². The number of aryl methyl sites for hydroxylation is 1. The lowest BCUT2D eigenvalue weighted by Crippen LogP contribution is -2.24. The van der Waals surface area contributed by atoms with E-state index in [1.165, 1.54) is 16.9 Å². The van der Waals surface area contributed by atoms with E-state index in [4.69, 9.17) is 14.2 Å². The minimum atomic E-state index is -0.0202. The number of nitrogens with one attached hydrogen (secondary N) is 1. The molecule has 25 heavy (non-hydrogen) atoms. The van der Waals surface area contributed by atoms with Crippen LogP contribution >= 0.6 is 11.3 Å². The molecule has 1 N–H and O–H groups in total. The first-order valence-electron chi connectivity index (χ1n) is 8.34. The molecule has 0 fully saturated rings. The molecule has 1 aromatic carbocycles. The number of rotatable bonds is 6. The second-order valence-corrected chi connectivity index (χ2v) is 6.94. The SMILES string of the molecule is COc1cc(CNC(=O)c2csc3c2CCCC3)cc(OC)c1OC. The average molecular weight is 361 g/mol. The van der Waals surface area contributed by atoms with Gasteiger partial charge in [-0.1, -0.05) is 0 Å². The van der Waals surface area contributed by atoms with Crippen molar-refractivity contribution in [2.75, 3.05) is 21.3 Å². The molecule has 5 nitrogen and oxygen atoms in total. The van der Waals surface area contributed by atoms with Gasteiger partial charge < -0.3 is 19.5 Å². The van der Waals surface area contributed by atoms with Crippen LogP contribution in [0.5, 0.6) is 17.2 Å². The molecule has 0 unspecified atom stereocenters. The molecule has 1 aromatic heterocycles. The number of thiophene rings is 1. The van der Waals surface area contributed by atoms with E-state index in [0.717, 1.165) is 30.4 Å². The zero-order valence-electron chi connectivity index (χ0n) is 14.8. The fraction of sp³-hybridized carbons (Fsp3) is 0.421. The monoisotopic (exact) mass is 361 g/mol. The van der Waals surface area contributed by atoms with Crippen LogP contribution in [0.25, 0.3) is 0 Å². The van der Waals surface area contributed by atoms with Gasteiger partial charge in [0.25, 0.3) is 5.91 Å². The van der Waals surface area contributed by atoms with Crippen LogP contribution in [-0.2, 0) is 19.4 Å². The Balaban J connectivity index is 1.75. The third kappa shape index (κ3) is 3.58. The lowest BCUT2D eigenvalue weighted by atomic mass is 9.95. The van der Waals surface area contributed by atoms with Crippen molar-refractivity contribution in [1.82, 2.24) is 5.32 Å². The summed E-state index contributed by atoms with van der Waals surface area (Å²) in [5, 5.41) is 4.99. The normalized spacial score (nSPS) is 13.1. The zero-order chi connectivity index (χ0) is 17.8. The van der Waals surface area contributed by atoms with Crippen molar-refractivity contribution in [3.63, 3.8) is 0 Å². The van der Waals surface area contributed by atoms with Crippen LogP contribution in [0.15, 0.2) is 17.5 Å². The van der Waals surface area contributed by atoms with E-state index in [1.54, 1.807) is 32.7 Å². The number of carbonyl (C=O) groups is 1. The second-order valence-electron chi connectivity index (χ2n) is 5.97. The molecular formula is C19H23NO4S. The van der Waals surface area contributed by atoms with Gasteiger partial charge in [0.05, 0.1) is 26.9 Å². The molecule has 1 amide bonds. The molecule has 1 aliphatic rings. The summed E-state index contributed by atoms with van der Waals surface area (Å²) in [6.45, 7) is 0.403. The van der Waals surface area contributed by atoms with Gasteiger partial charge in [-0.2, -0.15) is 0 Å². The van der Waals surface area contributed by atoms with Crippen molar-refractivity contribution in [1.29, 1.82) is 0 Å². The van der Waals surface area contributed by atoms with Crippen LogP contribution in [-0.4, -0.2) is 27.2 Å². The minimum absolute atomic E-state index is 0.0202. The number of benzene rings is 1. The van der Waals surface area contributed by atoms with E-state index in [1.807, 2.05) is 17.5 Å². The Kier molecular flexibility index (Phi) is 5.48. The zero-order valence-corrected chi connectivity index (χ0v) is 15.6. The Morgan fingerprint density at radius 3 is 2.40 bits per heavy atom.